The van der Waals surface area contributed by atoms with Gasteiger partial charge in [-0.05, 0) is 25.3 Å². The average Bonchev–Trinajstić information content (AvgIpc) is 2.69. The first-order chi connectivity index (χ1) is 13.0. The van der Waals surface area contributed by atoms with Gasteiger partial charge in [0, 0.05) is 19.6 Å². The van der Waals surface area contributed by atoms with Gasteiger partial charge in [-0.2, -0.15) is 0 Å². The minimum atomic E-state index is -3.08. The SMILES string of the molecule is CCNC(=NCC(O)c1ccccc1)N1CCS(=O)(=O)C2(CCCCC2)C1.I. The summed E-state index contributed by atoms with van der Waals surface area (Å²) in [6, 6.07) is 9.49. The number of nitrogens with one attached hydrogen (secondary N) is 1. The van der Waals surface area contributed by atoms with Crippen LogP contribution in [0.5, 0.6) is 0 Å². The van der Waals surface area contributed by atoms with Crippen molar-refractivity contribution in [1.29, 1.82) is 0 Å². The van der Waals surface area contributed by atoms with E-state index in [1.807, 2.05) is 37.3 Å². The van der Waals surface area contributed by atoms with Gasteiger partial charge in [-0.1, -0.05) is 49.6 Å². The molecule has 1 atom stereocenters. The molecular weight excluding hydrogens is 489 g/mol. The highest BCUT2D eigenvalue weighted by atomic mass is 127. The van der Waals surface area contributed by atoms with Crippen LogP contribution in [0.15, 0.2) is 35.3 Å². The van der Waals surface area contributed by atoms with E-state index in [1.165, 1.54) is 0 Å². The van der Waals surface area contributed by atoms with E-state index in [9.17, 15) is 13.5 Å². The molecule has 1 saturated carbocycles. The summed E-state index contributed by atoms with van der Waals surface area (Å²) in [7, 11) is -3.08. The molecule has 1 spiro atoms. The molecule has 158 valence electrons. The number of guanidine groups is 1. The number of rotatable bonds is 4. The van der Waals surface area contributed by atoms with Crippen molar-refractivity contribution in [2.45, 2.75) is 49.9 Å². The summed E-state index contributed by atoms with van der Waals surface area (Å²) in [5.41, 5.74) is 0.835. The molecule has 0 amide bonds. The molecule has 1 aliphatic carbocycles. The third-order valence-electron chi connectivity index (χ3n) is 5.77. The predicted octanol–water partition coefficient (Wildman–Crippen LogP) is 2.74. The van der Waals surface area contributed by atoms with Crippen molar-refractivity contribution in [3.63, 3.8) is 0 Å². The highest BCUT2D eigenvalue weighted by molar-refractivity contribution is 14.0. The van der Waals surface area contributed by atoms with Crippen LogP contribution in [0.1, 0.15) is 50.7 Å². The maximum Gasteiger partial charge on any atom is 0.194 e. The average molecular weight is 521 g/mol. The first-order valence-electron chi connectivity index (χ1n) is 9.96. The fourth-order valence-corrected chi connectivity index (χ4v) is 6.35. The molecule has 0 aromatic heterocycles. The number of halogens is 1. The monoisotopic (exact) mass is 521 g/mol. The first kappa shape index (κ1) is 23.4. The predicted molar refractivity (Wildman–Crippen MR) is 124 cm³/mol. The number of aliphatic imine (C=N–C) groups is 1. The number of aliphatic hydroxyl groups excluding tert-OH is 1. The summed E-state index contributed by atoms with van der Waals surface area (Å²) in [4.78, 5) is 6.70. The van der Waals surface area contributed by atoms with Gasteiger partial charge < -0.3 is 15.3 Å². The van der Waals surface area contributed by atoms with Crippen LogP contribution in [0, 0.1) is 0 Å². The quantitative estimate of drug-likeness (QED) is 0.362. The van der Waals surface area contributed by atoms with Crippen molar-refractivity contribution >= 4 is 39.8 Å². The van der Waals surface area contributed by atoms with Crippen LogP contribution >= 0.6 is 24.0 Å². The van der Waals surface area contributed by atoms with E-state index in [1.54, 1.807) is 0 Å². The Balaban J connectivity index is 0.00000280. The van der Waals surface area contributed by atoms with Crippen molar-refractivity contribution in [3.05, 3.63) is 35.9 Å². The maximum atomic E-state index is 12.8. The third kappa shape index (κ3) is 5.18. The zero-order valence-electron chi connectivity index (χ0n) is 16.5. The number of sulfone groups is 1. The lowest BCUT2D eigenvalue weighted by atomic mass is 9.87. The number of nitrogens with zero attached hydrogens (tertiary/aromatic N) is 2. The van der Waals surface area contributed by atoms with Crippen molar-refractivity contribution in [1.82, 2.24) is 10.2 Å². The summed E-state index contributed by atoms with van der Waals surface area (Å²) in [6.07, 6.45) is 3.91. The Morgan fingerprint density at radius 1 is 1.25 bits per heavy atom. The lowest BCUT2D eigenvalue weighted by molar-refractivity contribution is 0.186. The van der Waals surface area contributed by atoms with Gasteiger partial charge in [0.15, 0.2) is 15.8 Å². The standard InChI is InChI=1S/C20H31N3O3S.HI/c1-2-21-19(22-15-18(24)17-9-5-3-6-10-17)23-13-14-27(25,26)20(16-23)11-7-4-8-12-20;/h3,5-6,9-10,18,24H,2,4,7-8,11-16H2,1H3,(H,21,22);1H. The van der Waals surface area contributed by atoms with Gasteiger partial charge in [-0.15, -0.1) is 24.0 Å². The molecule has 3 rings (SSSR count). The Labute approximate surface area is 185 Å². The van der Waals surface area contributed by atoms with Crippen LogP contribution in [0.2, 0.25) is 0 Å². The molecule has 0 bridgehead atoms. The fraction of sp³-hybridized carbons (Fsp3) is 0.650. The Morgan fingerprint density at radius 3 is 2.57 bits per heavy atom. The first-order valence-corrected chi connectivity index (χ1v) is 11.6. The molecule has 1 saturated heterocycles. The summed E-state index contributed by atoms with van der Waals surface area (Å²) >= 11 is 0. The second-order valence-corrected chi connectivity index (χ2v) is 10.1. The van der Waals surface area contributed by atoms with Crippen molar-refractivity contribution < 1.29 is 13.5 Å². The molecule has 1 unspecified atom stereocenters. The molecule has 2 fully saturated rings. The van der Waals surface area contributed by atoms with Crippen molar-refractivity contribution in [2.24, 2.45) is 4.99 Å². The van der Waals surface area contributed by atoms with E-state index in [4.69, 9.17) is 0 Å². The van der Waals surface area contributed by atoms with Gasteiger partial charge in [0.2, 0.25) is 0 Å². The minimum absolute atomic E-state index is 0. The molecule has 1 heterocycles. The van der Waals surface area contributed by atoms with Gasteiger partial charge in [0.25, 0.3) is 0 Å². The molecule has 8 heteroatoms. The van der Waals surface area contributed by atoms with Crippen LogP contribution < -0.4 is 5.32 Å². The van der Waals surface area contributed by atoms with E-state index >= 15 is 0 Å². The van der Waals surface area contributed by atoms with Gasteiger partial charge >= 0.3 is 0 Å². The number of benzene rings is 1. The van der Waals surface area contributed by atoms with E-state index < -0.39 is 20.7 Å². The molecule has 0 radical (unpaired) electrons. The van der Waals surface area contributed by atoms with Crippen molar-refractivity contribution in [3.8, 4) is 0 Å². The van der Waals surface area contributed by atoms with Gasteiger partial charge in [0.1, 0.15) is 0 Å². The van der Waals surface area contributed by atoms with Gasteiger partial charge in [-0.3, -0.25) is 4.99 Å². The second kappa shape index (κ2) is 10.2. The third-order valence-corrected chi connectivity index (χ3v) is 8.34. The maximum absolute atomic E-state index is 12.8. The summed E-state index contributed by atoms with van der Waals surface area (Å²) in [5, 5.41) is 13.7. The molecule has 1 aliphatic heterocycles. The molecule has 1 aromatic carbocycles. The highest BCUT2D eigenvalue weighted by Gasteiger charge is 2.48. The zero-order valence-corrected chi connectivity index (χ0v) is 19.7. The van der Waals surface area contributed by atoms with Crippen LogP contribution in [0.3, 0.4) is 0 Å². The van der Waals surface area contributed by atoms with Gasteiger partial charge in [0.05, 0.1) is 23.1 Å². The van der Waals surface area contributed by atoms with E-state index in [2.05, 4.69) is 15.2 Å². The van der Waals surface area contributed by atoms with E-state index in [0.29, 0.717) is 25.6 Å². The molecule has 6 nitrogen and oxygen atoms in total. The minimum Gasteiger partial charge on any atom is -0.386 e. The number of hydrogen-bond donors (Lipinski definition) is 2. The molecular formula is C20H32IN3O3S. The second-order valence-electron chi connectivity index (χ2n) is 7.61. The van der Waals surface area contributed by atoms with E-state index in [0.717, 1.165) is 37.7 Å². The normalized spacial score (nSPS) is 22.4. The Kier molecular flexibility index (Phi) is 8.57. The highest BCUT2D eigenvalue weighted by Crippen LogP contribution is 2.38. The van der Waals surface area contributed by atoms with Crippen LogP contribution in [-0.4, -0.2) is 61.1 Å². The summed E-state index contributed by atoms with van der Waals surface area (Å²) < 4.78 is 25.0. The van der Waals surface area contributed by atoms with Crippen molar-refractivity contribution in [2.75, 3.05) is 31.9 Å². The largest absolute Gasteiger partial charge is 0.386 e. The Bertz CT molecular complexity index is 749. The van der Waals surface area contributed by atoms with Crippen LogP contribution in [0.25, 0.3) is 0 Å². The summed E-state index contributed by atoms with van der Waals surface area (Å²) in [6.45, 7) is 3.92. The molecule has 28 heavy (non-hydrogen) atoms. The van der Waals surface area contributed by atoms with E-state index in [-0.39, 0.29) is 36.3 Å². The van der Waals surface area contributed by atoms with Crippen LogP contribution in [-0.2, 0) is 9.84 Å². The lowest BCUT2D eigenvalue weighted by Crippen LogP contribution is -2.60. The molecule has 2 aliphatic rings. The topological polar surface area (TPSA) is 82.0 Å². The van der Waals surface area contributed by atoms with Gasteiger partial charge in [-0.25, -0.2) is 8.42 Å². The Hall–Kier alpha value is -0.870. The summed E-state index contributed by atoms with van der Waals surface area (Å²) in [5.74, 6) is 0.880. The lowest BCUT2D eigenvalue weighted by Gasteiger charge is -2.45. The zero-order chi connectivity index (χ0) is 19.3. The molecule has 1 aromatic rings. The smallest absolute Gasteiger partial charge is 0.194 e. The molecule has 2 N–H and O–H groups in total. The fourth-order valence-electron chi connectivity index (χ4n) is 4.20. The number of aliphatic hydroxyl groups is 1. The Morgan fingerprint density at radius 2 is 1.93 bits per heavy atom. The number of hydrogen-bond acceptors (Lipinski definition) is 4. The van der Waals surface area contributed by atoms with Crippen LogP contribution in [0.4, 0.5) is 0 Å².